The van der Waals surface area contributed by atoms with Crippen LogP contribution in [0, 0.1) is 0 Å². The number of nitrogens with one attached hydrogen (secondary N) is 1. The average molecular weight is 379 g/mol. The van der Waals surface area contributed by atoms with Crippen molar-refractivity contribution in [3.63, 3.8) is 0 Å². The molecule has 1 aromatic rings. The number of carbonyl (C=O) groups is 2. The lowest BCUT2D eigenvalue weighted by Crippen LogP contribution is -2.56. The van der Waals surface area contributed by atoms with E-state index in [1.807, 2.05) is 0 Å². The average Bonchev–Trinajstić information content (AvgIpc) is 3.15. The zero-order valence-electron chi connectivity index (χ0n) is 15.0. The van der Waals surface area contributed by atoms with Gasteiger partial charge in [-0.3, -0.25) is 4.79 Å². The smallest absolute Gasteiger partial charge is 0.329 e. The predicted molar refractivity (Wildman–Crippen MR) is 100 cm³/mol. The van der Waals surface area contributed by atoms with E-state index in [4.69, 9.17) is 9.47 Å². The van der Waals surface area contributed by atoms with E-state index in [9.17, 15) is 14.7 Å². The van der Waals surface area contributed by atoms with Crippen molar-refractivity contribution in [2.24, 2.45) is 0 Å². The highest BCUT2D eigenvalue weighted by molar-refractivity contribution is 7.99. The molecular weight excluding hydrogens is 354 g/mol. The van der Waals surface area contributed by atoms with Gasteiger partial charge in [0, 0.05) is 5.56 Å². The van der Waals surface area contributed by atoms with Crippen LogP contribution >= 0.6 is 11.8 Å². The summed E-state index contributed by atoms with van der Waals surface area (Å²) in [6, 6.07) is 4.99. The monoisotopic (exact) mass is 379 g/mol. The fourth-order valence-corrected chi connectivity index (χ4v) is 4.69. The number of amides is 1. The Balaban J connectivity index is 1.78. The number of carboxylic acids is 1. The van der Waals surface area contributed by atoms with Crippen molar-refractivity contribution in [2.75, 3.05) is 18.6 Å². The van der Waals surface area contributed by atoms with Crippen LogP contribution in [0.25, 0.3) is 0 Å². The lowest BCUT2D eigenvalue weighted by atomic mass is 9.92. The fraction of sp³-hybridized carbons (Fsp3) is 0.579. The van der Waals surface area contributed by atoms with E-state index in [0.29, 0.717) is 29.9 Å². The van der Waals surface area contributed by atoms with Crippen molar-refractivity contribution in [2.45, 2.75) is 50.2 Å². The maximum atomic E-state index is 12.7. The standard InChI is InChI=1S/C19H25NO5S/c1-24-15-7-6-13(12-16(15)25-14-4-2-3-5-14)17(21)20-19(18(22)23)8-10-26-11-9-19/h6-7,12,14H,2-5,8-11H2,1H3,(H,20,21)(H,22,23). The second-order valence-corrected chi connectivity index (χ2v) is 8.07. The van der Waals surface area contributed by atoms with Gasteiger partial charge in [-0.2, -0.15) is 11.8 Å². The van der Waals surface area contributed by atoms with Gasteiger partial charge in [0.15, 0.2) is 11.5 Å². The number of rotatable bonds is 6. The van der Waals surface area contributed by atoms with Gasteiger partial charge in [0.25, 0.3) is 5.91 Å². The summed E-state index contributed by atoms with van der Waals surface area (Å²) in [5.74, 6) is 1.21. The van der Waals surface area contributed by atoms with Gasteiger partial charge in [0.05, 0.1) is 13.2 Å². The highest BCUT2D eigenvalue weighted by Gasteiger charge is 2.41. The molecule has 1 amide bonds. The van der Waals surface area contributed by atoms with E-state index in [0.717, 1.165) is 37.2 Å². The number of ether oxygens (including phenoxy) is 2. The number of thioether (sulfide) groups is 1. The van der Waals surface area contributed by atoms with Crippen molar-refractivity contribution in [3.05, 3.63) is 23.8 Å². The van der Waals surface area contributed by atoms with Crippen LogP contribution in [-0.4, -0.2) is 47.2 Å². The lowest BCUT2D eigenvalue weighted by Gasteiger charge is -2.33. The second kappa shape index (κ2) is 8.20. The third kappa shape index (κ3) is 4.09. The number of hydrogen-bond acceptors (Lipinski definition) is 5. The number of methoxy groups -OCH3 is 1. The topological polar surface area (TPSA) is 84.9 Å². The molecule has 1 heterocycles. The molecule has 26 heavy (non-hydrogen) atoms. The lowest BCUT2D eigenvalue weighted by molar-refractivity contribution is -0.144. The fourth-order valence-electron chi connectivity index (χ4n) is 3.50. The number of aliphatic carboxylic acids is 1. The molecule has 0 aromatic heterocycles. The van der Waals surface area contributed by atoms with Gasteiger partial charge in [0.1, 0.15) is 5.54 Å². The Morgan fingerprint density at radius 1 is 1.19 bits per heavy atom. The Hall–Kier alpha value is -1.89. The Bertz CT molecular complexity index is 666. The largest absolute Gasteiger partial charge is 0.493 e. The molecular formula is C19H25NO5S. The van der Waals surface area contributed by atoms with Crippen LogP contribution < -0.4 is 14.8 Å². The quantitative estimate of drug-likeness (QED) is 0.790. The highest BCUT2D eigenvalue weighted by atomic mass is 32.2. The van der Waals surface area contributed by atoms with E-state index >= 15 is 0 Å². The van der Waals surface area contributed by atoms with Crippen molar-refractivity contribution < 1.29 is 24.2 Å². The summed E-state index contributed by atoms with van der Waals surface area (Å²) in [4.78, 5) is 24.5. The molecule has 0 atom stereocenters. The van der Waals surface area contributed by atoms with E-state index in [-0.39, 0.29) is 6.10 Å². The van der Waals surface area contributed by atoms with Crippen LogP contribution in [0.1, 0.15) is 48.9 Å². The maximum Gasteiger partial charge on any atom is 0.329 e. The van der Waals surface area contributed by atoms with Crippen LogP contribution in [0.3, 0.4) is 0 Å². The van der Waals surface area contributed by atoms with Gasteiger partial charge >= 0.3 is 5.97 Å². The number of benzene rings is 1. The zero-order valence-corrected chi connectivity index (χ0v) is 15.8. The summed E-state index contributed by atoms with van der Waals surface area (Å²) in [6.07, 6.45) is 5.29. The van der Waals surface area contributed by atoms with E-state index in [1.165, 1.54) is 0 Å². The Kier molecular flexibility index (Phi) is 5.96. The predicted octanol–water partition coefficient (Wildman–Crippen LogP) is 3.10. The first kappa shape index (κ1) is 18.9. The zero-order chi connectivity index (χ0) is 18.6. The number of hydrogen-bond donors (Lipinski definition) is 2. The van der Waals surface area contributed by atoms with Crippen LogP contribution in [-0.2, 0) is 4.79 Å². The Labute approximate surface area is 157 Å². The summed E-state index contributed by atoms with van der Waals surface area (Å²) in [6.45, 7) is 0. The molecule has 7 heteroatoms. The van der Waals surface area contributed by atoms with Gasteiger partial charge in [0.2, 0.25) is 0 Å². The van der Waals surface area contributed by atoms with Crippen LogP contribution in [0.15, 0.2) is 18.2 Å². The van der Waals surface area contributed by atoms with Gasteiger partial charge in [-0.05, 0) is 68.2 Å². The minimum Gasteiger partial charge on any atom is -0.493 e. The van der Waals surface area contributed by atoms with Gasteiger partial charge in [-0.25, -0.2) is 4.79 Å². The minimum absolute atomic E-state index is 0.142. The van der Waals surface area contributed by atoms with Crippen molar-refractivity contribution in [1.29, 1.82) is 0 Å². The molecule has 1 aliphatic carbocycles. The summed E-state index contributed by atoms with van der Waals surface area (Å²) in [5, 5.41) is 12.4. The first-order valence-electron chi connectivity index (χ1n) is 9.02. The molecule has 2 N–H and O–H groups in total. The molecule has 0 unspecified atom stereocenters. The molecule has 6 nitrogen and oxygen atoms in total. The van der Waals surface area contributed by atoms with Crippen LogP contribution in [0.5, 0.6) is 11.5 Å². The van der Waals surface area contributed by atoms with Crippen molar-refractivity contribution in [3.8, 4) is 11.5 Å². The van der Waals surface area contributed by atoms with Crippen molar-refractivity contribution in [1.82, 2.24) is 5.32 Å². The summed E-state index contributed by atoms with van der Waals surface area (Å²) >= 11 is 1.71. The molecule has 1 aliphatic heterocycles. The SMILES string of the molecule is COc1ccc(C(=O)NC2(C(=O)O)CCSCC2)cc1OC1CCCC1. The molecule has 2 aliphatic rings. The van der Waals surface area contributed by atoms with Gasteiger partial charge < -0.3 is 19.9 Å². The second-order valence-electron chi connectivity index (χ2n) is 6.84. The summed E-state index contributed by atoms with van der Waals surface area (Å²) in [5.41, 5.74) is -0.799. The molecule has 1 aromatic carbocycles. The molecule has 3 rings (SSSR count). The number of carbonyl (C=O) groups excluding carboxylic acids is 1. The number of carboxylic acid groups (broad SMARTS) is 1. The molecule has 1 saturated heterocycles. The molecule has 0 bridgehead atoms. The first-order chi connectivity index (χ1) is 12.5. The molecule has 1 saturated carbocycles. The molecule has 0 spiro atoms. The third-order valence-corrected chi connectivity index (χ3v) is 6.12. The van der Waals surface area contributed by atoms with E-state index < -0.39 is 17.4 Å². The molecule has 142 valence electrons. The molecule has 2 fully saturated rings. The highest BCUT2D eigenvalue weighted by Crippen LogP contribution is 2.33. The summed E-state index contributed by atoms with van der Waals surface area (Å²) in [7, 11) is 1.57. The van der Waals surface area contributed by atoms with Gasteiger partial charge in [-0.1, -0.05) is 0 Å². The Morgan fingerprint density at radius 3 is 2.50 bits per heavy atom. The van der Waals surface area contributed by atoms with E-state index in [2.05, 4.69) is 5.32 Å². The minimum atomic E-state index is -1.19. The first-order valence-corrected chi connectivity index (χ1v) is 10.2. The summed E-state index contributed by atoms with van der Waals surface area (Å²) < 4.78 is 11.4. The normalized spacial score (nSPS) is 19.7. The maximum absolute atomic E-state index is 12.7. The van der Waals surface area contributed by atoms with Crippen LogP contribution in [0.4, 0.5) is 0 Å². The molecule has 0 radical (unpaired) electrons. The van der Waals surface area contributed by atoms with Gasteiger partial charge in [-0.15, -0.1) is 0 Å². The van der Waals surface area contributed by atoms with E-state index in [1.54, 1.807) is 37.1 Å². The third-order valence-electron chi connectivity index (χ3n) is 5.13. The van der Waals surface area contributed by atoms with Crippen molar-refractivity contribution >= 4 is 23.6 Å². The van der Waals surface area contributed by atoms with Crippen LogP contribution in [0.2, 0.25) is 0 Å². The Morgan fingerprint density at radius 2 is 1.88 bits per heavy atom.